The van der Waals surface area contributed by atoms with E-state index in [9.17, 15) is 4.79 Å². The van der Waals surface area contributed by atoms with Crippen molar-refractivity contribution in [2.75, 3.05) is 0 Å². The molecule has 0 spiro atoms. The predicted molar refractivity (Wildman–Crippen MR) is 68.0 cm³/mol. The zero-order valence-electron chi connectivity index (χ0n) is 11.0. The lowest BCUT2D eigenvalue weighted by atomic mass is 9.83. The second-order valence-electron chi connectivity index (χ2n) is 5.24. The van der Waals surface area contributed by atoms with E-state index in [2.05, 4.69) is 25.8 Å². The normalized spacial score (nSPS) is 41.8. The highest BCUT2D eigenvalue weighted by Crippen LogP contribution is 2.38. The summed E-state index contributed by atoms with van der Waals surface area (Å²) in [4.78, 5) is 16.0. The van der Waals surface area contributed by atoms with E-state index in [1.54, 1.807) is 0 Å². The molecule has 2 aliphatic rings. The Balaban J connectivity index is 2.15. The van der Waals surface area contributed by atoms with Crippen molar-refractivity contribution in [3.63, 3.8) is 0 Å². The summed E-state index contributed by atoms with van der Waals surface area (Å²) in [6.07, 6.45) is 5.16. The lowest BCUT2D eigenvalue weighted by Crippen LogP contribution is -2.32. The van der Waals surface area contributed by atoms with Gasteiger partial charge in [-0.1, -0.05) is 26.8 Å². The molecule has 5 unspecified atom stereocenters. The molecular formula is C14H21NO2. The Kier molecular flexibility index (Phi) is 3.48. The van der Waals surface area contributed by atoms with Gasteiger partial charge in [-0.3, -0.25) is 4.79 Å². The van der Waals surface area contributed by atoms with Gasteiger partial charge in [0.15, 0.2) is 0 Å². The summed E-state index contributed by atoms with van der Waals surface area (Å²) in [5, 5.41) is 0. The number of ether oxygens (including phenoxy) is 1. The van der Waals surface area contributed by atoms with E-state index in [0.717, 1.165) is 12.1 Å². The number of carbonyl (C=O) groups excluding carboxylic acids is 1. The van der Waals surface area contributed by atoms with E-state index in [1.807, 2.05) is 19.1 Å². The Bertz CT molecular complexity index is 372. The second kappa shape index (κ2) is 4.73. The third-order valence-corrected chi connectivity index (χ3v) is 4.14. The van der Waals surface area contributed by atoms with Crippen molar-refractivity contribution < 1.29 is 9.53 Å². The number of dihydropyridines is 1. The maximum atomic E-state index is 11.9. The minimum Gasteiger partial charge on any atom is -0.373 e. The summed E-state index contributed by atoms with van der Waals surface area (Å²) in [6, 6.07) is 0. The van der Waals surface area contributed by atoms with Crippen LogP contribution in [-0.2, 0) is 9.53 Å². The number of aliphatic imine (C=N–C) groups is 1. The zero-order valence-corrected chi connectivity index (χ0v) is 11.0. The molecule has 2 rings (SSSR count). The van der Waals surface area contributed by atoms with Crippen molar-refractivity contribution >= 4 is 11.6 Å². The molecule has 1 amide bonds. The average Bonchev–Trinajstić information content (AvgIpc) is 2.57. The van der Waals surface area contributed by atoms with E-state index in [4.69, 9.17) is 4.74 Å². The van der Waals surface area contributed by atoms with E-state index in [-0.39, 0.29) is 24.0 Å². The van der Waals surface area contributed by atoms with Crippen LogP contribution in [0.1, 0.15) is 34.1 Å². The molecule has 0 N–H and O–H groups in total. The first kappa shape index (κ1) is 12.5. The monoisotopic (exact) mass is 235 g/mol. The maximum absolute atomic E-state index is 11.9. The molecule has 2 aliphatic heterocycles. The number of hydrogen-bond donors (Lipinski definition) is 0. The third-order valence-electron chi connectivity index (χ3n) is 4.14. The summed E-state index contributed by atoms with van der Waals surface area (Å²) < 4.78 is 6.04. The number of allylic oxidation sites excluding steroid dienone is 1. The van der Waals surface area contributed by atoms with Gasteiger partial charge in [0.2, 0.25) is 0 Å². The van der Waals surface area contributed by atoms with Gasteiger partial charge >= 0.3 is 0 Å². The average molecular weight is 235 g/mol. The van der Waals surface area contributed by atoms with Crippen molar-refractivity contribution in [2.45, 2.75) is 46.3 Å². The molecule has 0 aromatic heterocycles. The van der Waals surface area contributed by atoms with Crippen LogP contribution in [0.3, 0.4) is 0 Å². The highest BCUT2D eigenvalue weighted by atomic mass is 16.5. The molecule has 0 aromatic carbocycles. The Morgan fingerprint density at radius 2 is 2.06 bits per heavy atom. The lowest BCUT2D eigenvalue weighted by Gasteiger charge is -2.23. The topological polar surface area (TPSA) is 38.7 Å². The first-order valence-electron chi connectivity index (χ1n) is 6.47. The molecule has 94 valence electrons. The number of hydrogen-bond acceptors (Lipinski definition) is 2. The van der Waals surface area contributed by atoms with Crippen molar-refractivity contribution in [2.24, 2.45) is 22.7 Å². The number of nitrogens with zero attached hydrogens (tertiary/aromatic N) is 1. The molecular weight excluding hydrogens is 214 g/mol. The number of amides is 1. The Hall–Kier alpha value is -0.960. The summed E-state index contributed by atoms with van der Waals surface area (Å²) in [7, 11) is 0. The Morgan fingerprint density at radius 1 is 1.35 bits per heavy atom. The van der Waals surface area contributed by atoms with Gasteiger partial charge in [-0.25, -0.2) is 4.99 Å². The summed E-state index contributed by atoms with van der Waals surface area (Å²) >= 11 is 0. The predicted octanol–water partition coefficient (Wildman–Crippen LogP) is 2.61. The highest BCUT2D eigenvalue weighted by Gasteiger charge is 2.43. The van der Waals surface area contributed by atoms with E-state index >= 15 is 0 Å². The van der Waals surface area contributed by atoms with Gasteiger partial charge in [0.1, 0.15) is 0 Å². The van der Waals surface area contributed by atoms with Crippen LogP contribution < -0.4 is 0 Å². The fourth-order valence-electron chi connectivity index (χ4n) is 2.83. The molecule has 0 radical (unpaired) electrons. The van der Waals surface area contributed by atoms with Gasteiger partial charge in [-0.15, -0.1) is 0 Å². The maximum Gasteiger partial charge on any atom is 0.255 e. The third kappa shape index (κ3) is 2.21. The minimum absolute atomic E-state index is 0.00412. The number of carbonyl (C=O) groups is 1. The molecule has 0 aromatic rings. The fourth-order valence-corrected chi connectivity index (χ4v) is 2.83. The summed E-state index contributed by atoms with van der Waals surface area (Å²) in [6.45, 7) is 8.37. The van der Waals surface area contributed by atoms with Gasteiger partial charge in [0.25, 0.3) is 5.91 Å². The van der Waals surface area contributed by atoms with Gasteiger partial charge in [-0.05, 0) is 31.3 Å². The van der Waals surface area contributed by atoms with E-state index < -0.39 is 0 Å². The molecule has 0 aliphatic carbocycles. The van der Waals surface area contributed by atoms with Crippen LogP contribution in [0, 0.1) is 17.8 Å². The van der Waals surface area contributed by atoms with Crippen LogP contribution in [-0.4, -0.2) is 23.8 Å². The van der Waals surface area contributed by atoms with Gasteiger partial charge in [-0.2, -0.15) is 0 Å². The summed E-state index contributed by atoms with van der Waals surface area (Å²) in [5.41, 5.74) is 0.789. The molecule has 5 atom stereocenters. The van der Waals surface area contributed by atoms with Crippen molar-refractivity contribution in [1.29, 1.82) is 0 Å². The molecule has 2 heterocycles. The quantitative estimate of drug-likeness (QED) is 0.738. The lowest BCUT2D eigenvalue weighted by molar-refractivity contribution is -0.125. The molecule has 0 saturated carbocycles. The Labute approximate surface area is 103 Å². The molecule has 0 bridgehead atoms. The van der Waals surface area contributed by atoms with Crippen molar-refractivity contribution in [3.8, 4) is 0 Å². The van der Waals surface area contributed by atoms with Crippen LogP contribution in [0.2, 0.25) is 0 Å². The Morgan fingerprint density at radius 3 is 2.59 bits per heavy atom. The van der Waals surface area contributed by atoms with Crippen LogP contribution in [0.4, 0.5) is 0 Å². The first-order chi connectivity index (χ1) is 8.04. The summed E-state index contributed by atoms with van der Waals surface area (Å²) in [5.74, 6) is 0.684. The SMILES string of the molecule is CCC1OC(C2C=CC(C)=NC2=O)C(C)C1C. The van der Waals surface area contributed by atoms with Gasteiger partial charge in [0.05, 0.1) is 18.1 Å². The van der Waals surface area contributed by atoms with Gasteiger partial charge in [0, 0.05) is 5.71 Å². The van der Waals surface area contributed by atoms with Crippen molar-refractivity contribution in [3.05, 3.63) is 12.2 Å². The largest absolute Gasteiger partial charge is 0.373 e. The second-order valence-corrected chi connectivity index (χ2v) is 5.24. The van der Waals surface area contributed by atoms with Crippen LogP contribution >= 0.6 is 0 Å². The highest BCUT2D eigenvalue weighted by molar-refractivity contribution is 6.04. The zero-order chi connectivity index (χ0) is 12.6. The molecule has 17 heavy (non-hydrogen) atoms. The smallest absolute Gasteiger partial charge is 0.255 e. The first-order valence-corrected chi connectivity index (χ1v) is 6.47. The van der Waals surface area contributed by atoms with Crippen LogP contribution in [0.5, 0.6) is 0 Å². The standard InChI is InChI=1S/C14H21NO2/c1-5-12-9(3)10(4)13(17-12)11-7-6-8(2)15-14(11)16/h6-7,9-13H,5H2,1-4H3. The minimum atomic E-state index is -0.187. The molecule has 3 heteroatoms. The van der Waals surface area contributed by atoms with E-state index in [0.29, 0.717) is 11.8 Å². The van der Waals surface area contributed by atoms with Crippen LogP contribution in [0.15, 0.2) is 17.1 Å². The van der Waals surface area contributed by atoms with Crippen LogP contribution in [0.25, 0.3) is 0 Å². The van der Waals surface area contributed by atoms with Crippen molar-refractivity contribution in [1.82, 2.24) is 0 Å². The molecule has 1 saturated heterocycles. The molecule has 3 nitrogen and oxygen atoms in total. The number of rotatable bonds is 2. The van der Waals surface area contributed by atoms with E-state index in [1.165, 1.54) is 0 Å². The fraction of sp³-hybridized carbons (Fsp3) is 0.714. The van der Waals surface area contributed by atoms with Gasteiger partial charge < -0.3 is 4.74 Å². The molecule has 1 fully saturated rings.